The summed E-state index contributed by atoms with van der Waals surface area (Å²) in [6.45, 7) is 4.69. The number of carbonyl (C=O) groups excluding carboxylic acids is 1. The third-order valence-corrected chi connectivity index (χ3v) is 7.93. The summed E-state index contributed by atoms with van der Waals surface area (Å²) in [7, 11) is 4.23. The Morgan fingerprint density at radius 2 is 1.74 bits per heavy atom. The molecule has 1 amide bonds. The largest absolute Gasteiger partial charge is 0.342 e. The van der Waals surface area contributed by atoms with Crippen LogP contribution in [-0.4, -0.2) is 57.4 Å². The number of hydrogen-bond donors (Lipinski definition) is 0. The van der Waals surface area contributed by atoms with Gasteiger partial charge in [0.25, 0.3) is 0 Å². The number of piperidine rings is 1. The van der Waals surface area contributed by atoms with Gasteiger partial charge in [-0.05, 0) is 56.8 Å². The van der Waals surface area contributed by atoms with Gasteiger partial charge in [-0.1, -0.05) is 48.5 Å². The Kier molecular flexibility index (Phi) is 8.46. The van der Waals surface area contributed by atoms with Crippen LogP contribution in [0.25, 0.3) is 0 Å². The first-order valence-corrected chi connectivity index (χ1v) is 13.2. The van der Waals surface area contributed by atoms with E-state index in [1.807, 2.05) is 29.9 Å². The van der Waals surface area contributed by atoms with Crippen molar-refractivity contribution in [1.29, 1.82) is 0 Å². The van der Waals surface area contributed by atoms with Crippen molar-refractivity contribution >= 4 is 17.7 Å². The minimum atomic E-state index is 0.256. The zero-order valence-electron chi connectivity index (χ0n) is 20.6. The topological polar surface area (TPSA) is 41.4 Å². The van der Waals surface area contributed by atoms with Crippen LogP contribution in [0.2, 0.25) is 0 Å². The molecule has 34 heavy (non-hydrogen) atoms. The van der Waals surface area contributed by atoms with Crippen LogP contribution in [0.3, 0.4) is 0 Å². The fourth-order valence-electron chi connectivity index (χ4n) is 5.01. The van der Waals surface area contributed by atoms with Gasteiger partial charge < -0.3 is 4.90 Å². The van der Waals surface area contributed by atoms with Gasteiger partial charge in [-0.3, -0.25) is 14.4 Å². The Morgan fingerprint density at radius 3 is 2.35 bits per heavy atom. The minimum absolute atomic E-state index is 0.256. The van der Waals surface area contributed by atoms with E-state index < -0.39 is 0 Å². The molecule has 0 radical (unpaired) electrons. The fraction of sp³-hybridized carbons (Fsp3) is 0.429. The first-order valence-electron chi connectivity index (χ1n) is 12.2. The molecule has 3 aromatic rings. The van der Waals surface area contributed by atoms with Crippen LogP contribution in [0.1, 0.15) is 29.7 Å². The summed E-state index contributed by atoms with van der Waals surface area (Å²) in [5, 5.41) is 4.53. The molecule has 1 aliphatic heterocycles. The molecule has 0 N–H and O–H groups in total. The number of benzene rings is 2. The molecule has 0 bridgehead atoms. The zero-order chi connectivity index (χ0) is 23.9. The first kappa shape index (κ1) is 24.6. The molecule has 2 aromatic carbocycles. The molecular weight excluding hydrogens is 440 g/mol. The zero-order valence-corrected chi connectivity index (χ0v) is 21.4. The smallest absolute Gasteiger partial charge is 0.232 e. The molecule has 4 rings (SSSR count). The highest BCUT2D eigenvalue weighted by Crippen LogP contribution is 2.28. The highest BCUT2D eigenvalue weighted by molar-refractivity contribution is 8.00. The van der Waals surface area contributed by atoms with Crippen molar-refractivity contribution in [2.24, 2.45) is 13.0 Å². The normalized spacial score (nSPS) is 15.6. The number of amides is 1. The van der Waals surface area contributed by atoms with Crippen LogP contribution in [-0.2, 0) is 24.8 Å². The molecule has 0 spiro atoms. The number of hydrogen-bond acceptors (Lipinski definition) is 4. The number of nitrogens with zero attached hydrogens (tertiary/aromatic N) is 4. The molecule has 1 aliphatic rings. The van der Waals surface area contributed by atoms with E-state index in [1.165, 1.54) is 11.1 Å². The summed E-state index contributed by atoms with van der Waals surface area (Å²) in [4.78, 5) is 18.6. The third kappa shape index (κ3) is 6.51. The average molecular weight is 477 g/mol. The van der Waals surface area contributed by atoms with E-state index in [0.29, 0.717) is 17.7 Å². The molecule has 6 heteroatoms. The summed E-state index contributed by atoms with van der Waals surface area (Å²) >= 11 is 1.63. The van der Waals surface area contributed by atoms with Gasteiger partial charge >= 0.3 is 0 Å². The lowest BCUT2D eigenvalue weighted by Gasteiger charge is -2.40. The lowest BCUT2D eigenvalue weighted by molar-refractivity contribution is -0.130. The molecule has 1 saturated heterocycles. The number of likely N-dealkylation sites (N-methyl/N-ethyl adjacent to an activating group) is 1. The van der Waals surface area contributed by atoms with E-state index in [-0.39, 0.29) is 5.91 Å². The molecule has 5 nitrogen and oxygen atoms in total. The maximum atomic E-state index is 12.8. The molecular formula is C28H36N4OS. The molecule has 0 aliphatic carbocycles. The highest BCUT2D eigenvalue weighted by atomic mass is 32.2. The van der Waals surface area contributed by atoms with Crippen molar-refractivity contribution in [3.05, 3.63) is 83.7 Å². The second kappa shape index (κ2) is 11.7. The first-order chi connectivity index (χ1) is 16.5. The summed E-state index contributed by atoms with van der Waals surface area (Å²) in [5.74, 6) is 1.33. The van der Waals surface area contributed by atoms with Gasteiger partial charge in [0.1, 0.15) is 0 Å². The van der Waals surface area contributed by atoms with E-state index >= 15 is 0 Å². The van der Waals surface area contributed by atoms with E-state index in [0.717, 1.165) is 49.5 Å². The number of carbonyl (C=O) groups is 1. The van der Waals surface area contributed by atoms with E-state index in [4.69, 9.17) is 0 Å². The van der Waals surface area contributed by atoms with Crippen molar-refractivity contribution in [2.45, 2.75) is 43.7 Å². The summed E-state index contributed by atoms with van der Waals surface area (Å²) < 4.78 is 1.91. The predicted molar refractivity (Wildman–Crippen MR) is 140 cm³/mol. The fourth-order valence-corrected chi connectivity index (χ4v) is 5.84. The maximum absolute atomic E-state index is 12.8. The Labute approximate surface area is 208 Å². The second-order valence-electron chi connectivity index (χ2n) is 9.41. The predicted octanol–water partition coefficient (Wildman–Crippen LogP) is 4.80. The van der Waals surface area contributed by atoms with Gasteiger partial charge in [0.05, 0.1) is 11.4 Å². The van der Waals surface area contributed by atoms with Gasteiger partial charge in [0.2, 0.25) is 5.91 Å². The van der Waals surface area contributed by atoms with Gasteiger partial charge in [0.15, 0.2) is 0 Å². The number of aryl methyl sites for hydroxylation is 2. The van der Waals surface area contributed by atoms with Gasteiger partial charge in [-0.25, -0.2) is 0 Å². The van der Waals surface area contributed by atoms with Gasteiger partial charge in [0, 0.05) is 49.4 Å². The monoisotopic (exact) mass is 476 g/mol. The maximum Gasteiger partial charge on any atom is 0.232 e. The number of thioether (sulfide) groups is 1. The molecule has 1 atom stereocenters. The van der Waals surface area contributed by atoms with E-state index in [9.17, 15) is 4.79 Å². The van der Waals surface area contributed by atoms with Crippen LogP contribution in [0, 0.1) is 12.8 Å². The minimum Gasteiger partial charge on any atom is -0.342 e. The van der Waals surface area contributed by atoms with Crippen molar-refractivity contribution in [1.82, 2.24) is 19.6 Å². The molecule has 0 saturated carbocycles. The number of aromatic nitrogens is 2. The van der Waals surface area contributed by atoms with Crippen LogP contribution < -0.4 is 0 Å². The summed E-state index contributed by atoms with van der Waals surface area (Å²) in [6.07, 6.45) is 5.27. The Hall–Kier alpha value is -2.57. The molecule has 1 unspecified atom stereocenters. The number of rotatable bonds is 9. The molecule has 2 heterocycles. The lowest BCUT2D eigenvalue weighted by Crippen LogP contribution is -2.46. The van der Waals surface area contributed by atoms with Gasteiger partial charge in [-0.2, -0.15) is 5.10 Å². The van der Waals surface area contributed by atoms with E-state index in [2.05, 4.69) is 77.5 Å². The lowest BCUT2D eigenvalue weighted by atomic mass is 9.84. The molecule has 1 fully saturated rings. The van der Waals surface area contributed by atoms with Crippen molar-refractivity contribution in [3.63, 3.8) is 0 Å². The molecule has 1 aromatic heterocycles. The standard InChI is InChI=1S/C28H36N4OS/c1-22-25(20-31(3)29-22)19-30(2)27(18-23-10-6-4-7-11-23)24-14-16-32(17-15-24)28(33)21-34-26-12-8-5-9-13-26/h4-13,20,24,27H,14-19,21H2,1-3H3. The second-order valence-corrected chi connectivity index (χ2v) is 10.5. The van der Waals surface area contributed by atoms with Crippen molar-refractivity contribution in [3.8, 4) is 0 Å². The van der Waals surface area contributed by atoms with Crippen LogP contribution in [0.15, 0.2) is 71.8 Å². The third-order valence-electron chi connectivity index (χ3n) is 6.93. The van der Waals surface area contributed by atoms with Crippen LogP contribution >= 0.6 is 11.8 Å². The summed E-state index contributed by atoms with van der Waals surface area (Å²) in [6, 6.07) is 21.4. The Bertz CT molecular complexity index is 1040. The molecule has 180 valence electrons. The van der Waals surface area contributed by atoms with Crippen LogP contribution in [0.4, 0.5) is 0 Å². The van der Waals surface area contributed by atoms with Gasteiger partial charge in [-0.15, -0.1) is 11.8 Å². The van der Waals surface area contributed by atoms with Crippen molar-refractivity contribution < 1.29 is 4.79 Å². The van der Waals surface area contributed by atoms with E-state index in [1.54, 1.807) is 11.8 Å². The Morgan fingerprint density at radius 1 is 1.09 bits per heavy atom. The SMILES string of the molecule is Cc1nn(C)cc1CN(C)C(Cc1ccccc1)C1CCN(C(=O)CSc2ccccc2)CC1. The van der Waals surface area contributed by atoms with Crippen molar-refractivity contribution in [2.75, 3.05) is 25.9 Å². The number of likely N-dealkylation sites (tertiary alicyclic amines) is 1. The van der Waals surface area contributed by atoms with Crippen LogP contribution in [0.5, 0.6) is 0 Å². The quantitative estimate of drug-likeness (QED) is 0.416. The summed E-state index contributed by atoms with van der Waals surface area (Å²) in [5.41, 5.74) is 3.76. The highest BCUT2D eigenvalue weighted by Gasteiger charge is 2.31. The average Bonchev–Trinajstić information content (AvgIpc) is 3.18. The Balaban J connectivity index is 1.38.